The SMILES string of the molecule is CN(C)[C@@H](CNC(=O)c1cc2ccccc2oc1=O)c1ccsc1. The Labute approximate surface area is 143 Å². The summed E-state index contributed by atoms with van der Waals surface area (Å²) in [6, 6.07) is 10.8. The first-order valence-corrected chi connectivity index (χ1v) is 8.50. The number of nitrogens with zero attached hydrogens (tertiary/aromatic N) is 1. The fraction of sp³-hybridized carbons (Fsp3) is 0.222. The lowest BCUT2D eigenvalue weighted by atomic mass is 10.1. The number of hydrogen-bond acceptors (Lipinski definition) is 5. The average Bonchev–Trinajstić information content (AvgIpc) is 3.08. The average molecular weight is 342 g/mol. The summed E-state index contributed by atoms with van der Waals surface area (Å²) in [7, 11) is 3.91. The van der Waals surface area contributed by atoms with Gasteiger partial charge in [0, 0.05) is 11.9 Å². The van der Waals surface area contributed by atoms with Gasteiger partial charge in [-0.25, -0.2) is 4.79 Å². The summed E-state index contributed by atoms with van der Waals surface area (Å²) in [6.07, 6.45) is 0. The minimum atomic E-state index is -0.622. The predicted molar refractivity (Wildman–Crippen MR) is 95.6 cm³/mol. The zero-order valence-electron chi connectivity index (χ0n) is 13.5. The van der Waals surface area contributed by atoms with Crippen molar-refractivity contribution in [3.63, 3.8) is 0 Å². The molecule has 0 unspecified atom stereocenters. The maximum Gasteiger partial charge on any atom is 0.349 e. The minimum absolute atomic E-state index is 0.0246. The Bertz CT molecular complexity index is 900. The number of hydrogen-bond donors (Lipinski definition) is 1. The van der Waals surface area contributed by atoms with E-state index in [2.05, 4.69) is 10.7 Å². The van der Waals surface area contributed by atoms with Gasteiger partial charge >= 0.3 is 5.63 Å². The Balaban J connectivity index is 1.80. The topological polar surface area (TPSA) is 62.6 Å². The van der Waals surface area contributed by atoms with Crippen LogP contribution in [0.4, 0.5) is 0 Å². The number of carbonyl (C=O) groups is 1. The first-order valence-electron chi connectivity index (χ1n) is 7.56. The van der Waals surface area contributed by atoms with Crippen molar-refractivity contribution in [2.75, 3.05) is 20.6 Å². The van der Waals surface area contributed by atoms with Crippen LogP contribution >= 0.6 is 11.3 Å². The maximum absolute atomic E-state index is 12.4. The lowest BCUT2D eigenvalue weighted by molar-refractivity contribution is 0.0938. The lowest BCUT2D eigenvalue weighted by Crippen LogP contribution is -2.36. The Hall–Kier alpha value is -2.44. The highest BCUT2D eigenvalue weighted by atomic mass is 32.1. The standard InChI is InChI=1S/C18H18N2O3S/c1-20(2)15(13-7-8-24-11-13)10-19-17(21)14-9-12-5-3-4-6-16(12)23-18(14)22/h3-9,11,15H,10H2,1-2H3,(H,19,21)/t15-/m0/s1. The molecule has 0 aliphatic heterocycles. The highest BCUT2D eigenvalue weighted by Gasteiger charge is 2.18. The van der Waals surface area contributed by atoms with Gasteiger partial charge in [0.05, 0.1) is 6.04 Å². The van der Waals surface area contributed by atoms with Crippen LogP contribution in [0, 0.1) is 0 Å². The van der Waals surface area contributed by atoms with Gasteiger partial charge in [-0.15, -0.1) is 0 Å². The molecule has 1 atom stereocenters. The highest BCUT2D eigenvalue weighted by Crippen LogP contribution is 2.20. The molecule has 3 rings (SSSR count). The Morgan fingerprint density at radius 3 is 2.79 bits per heavy atom. The molecule has 2 heterocycles. The van der Waals surface area contributed by atoms with Crippen LogP contribution in [-0.2, 0) is 0 Å². The molecule has 6 heteroatoms. The molecule has 0 fully saturated rings. The zero-order chi connectivity index (χ0) is 17.1. The van der Waals surface area contributed by atoms with Crippen molar-refractivity contribution in [3.8, 4) is 0 Å². The van der Waals surface area contributed by atoms with Gasteiger partial charge in [0.15, 0.2) is 0 Å². The summed E-state index contributed by atoms with van der Waals surface area (Å²) in [6.45, 7) is 0.412. The molecule has 0 aliphatic carbocycles. The van der Waals surface area contributed by atoms with Gasteiger partial charge in [-0.1, -0.05) is 18.2 Å². The van der Waals surface area contributed by atoms with Gasteiger partial charge in [0.25, 0.3) is 5.91 Å². The minimum Gasteiger partial charge on any atom is -0.422 e. The van der Waals surface area contributed by atoms with E-state index in [0.29, 0.717) is 12.1 Å². The fourth-order valence-electron chi connectivity index (χ4n) is 2.57. The molecule has 0 saturated heterocycles. The van der Waals surface area contributed by atoms with E-state index in [4.69, 9.17) is 4.42 Å². The first-order chi connectivity index (χ1) is 11.6. The molecule has 0 saturated carbocycles. The third-order valence-corrected chi connectivity index (χ3v) is 4.59. The third kappa shape index (κ3) is 3.39. The van der Waals surface area contributed by atoms with E-state index < -0.39 is 11.5 Å². The Morgan fingerprint density at radius 1 is 1.29 bits per heavy atom. The number of amides is 1. The molecule has 2 aromatic heterocycles. The predicted octanol–water partition coefficient (Wildman–Crippen LogP) is 2.89. The molecule has 5 nitrogen and oxygen atoms in total. The summed E-state index contributed by atoms with van der Waals surface area (Å²) in [4.78, 5) is 26.5. The number of benzene rings is 1. The number of thiophene rings is 1. The number of para-hydroxylation sites is 1. The molecule has 124 valence electrons. The third-order valence-electron chi connectivity index (χ3n) is 3.89. The molecular weight excluding hydrogens is 324 g/mol. The summed E-state index contributed by atoms with van der Waals surface area (Å²) in [5.74, 6) is -0.420. The zero-order valence-corrected chi connectivity index (χ0v) is 14.3. The van der Waals surface area contributed by atoms with Gasteiger partial charge in [-0.3, -0.25) is 4.79 Å². The quantitative estimate of drug-likeness (QED) is 0.724. The van der Waals surface area contributed by atoms with E-state index in [1.165, 1.54) is 0 Å². The van der Waals surface area contributed by atoms with Crippen LogP contribution in [0.15, 0.2) is 56.4 Å². The van der Waals surface area contributed by atoms with Crippen molar-refractivity contribution in [2.45, 2.75) is 6.04 Å². The van der Waals surface area contributed by atoms with Crippen LogP contribution in [0.25, 0.3) is 11.0 Å². The number of likely N-dealkylation sites (N-methyl/N-ethyl adjacent to an activating group) is 1. The second-order valence-corrected chi connectivity index (χ2v) is 6.51. The van der Waals surface area contributed by atoms with Crippen LogP contribution in [-0.4, -0.2) is 31.4 Å². The molecule has 1 N–H and O–H groups in total. The van der Waals surface area contributed by atoms with Gasteiger partial charge in [-0.2, -0.15) is 11.3 Å². The summed E-state index contributed by atoms with van der Waals surface area (Å²) >= 11 is 1.62. The molecular formula is C18H18N2O3S. The summed E-state index contributed by atoms with van der Waals surface area (Å²) in [5.41, 5.74) is 1.01. The Morgan fingerprint density at radius 2 is 2.08 bits per heavy atom. The van der Waals surface area contributed by atoms with Crippen molar-refractivity contribution in [1.82, 2.24) is 10.2 Å². The van der Waals surface area contributed by atoms with Gasteiger partial charge in [0.1, 0.15) is 11.1 Å². The van der Waals surface area contributed by atoms with E-state index in [1.807, 2.05) is 42.6 Å². The van der Waals surface area contributed by atoms with E-state index >= 15 is 0 Å². The number of fused-ring (bicyclic) bond motifs is 1. The van der Waals surface area contributed by atoms with E-state index in [9.17, 15) is 9.59 Å². The van der Waals surface area contributed by atoms with Crippen LogP contribution in [0.3, 0.4) is 0 Å². The second kappa shape index (κ2) is 6.98. The molecule has 3 aromatic rings. The van der Waals surface area contributed by atoms with E-state index in [1.54, 1.807) is 29.5 Å². The fourth-order valence-corrected chi connectivity index (χ4v) is 3.28. The van der Waals surface area contributed by atoms with Gasteiger partial charge in [0.2, 0.25) is 0 Å². The Kier molecular flexibility index (Phi) is 4.78. The van der Waals surface area contributed by atoms with Gasteiger partial charge < -0.3 is 14.6 Å². The first kappa shape index (κ1) is 16.4. The van der Waals surface area contributed by atoms with Crippen molar-refractivity contribution < 1.29 is 9.21 Å². The molecule has 0 bridgehead atoms. The van der Waals surface area contributed by atoms with E-state index in [0.717, 1.165) is 10.9 Å². The van der Waals surface area contributed by atoms with Crippen molar-refractivity contribution in [3.05, 3.63) is 68.7 Å². The number of nitrogens with one attached hydrogen (secondary N) is 1. The summed E-state index contributed by atoms with van der Waals surface area (Å²) in [5, 5.41) is 7.63. The van der Waals surface area contributed by atoms with Crippen molar-refractivity contribution >= 4 is 28.2 Å². The number of carbonyl (C=O) groups excluding carboxylic acids is 1. The summed E-state index contributed by atoms with van der Waals surface area (Å²) < 4.78 is 5.22. The second-order valence-electron chi connectivity index (χ2n) is 5.73. The number of rotatable bonds is 5. The highest BCUT2D eigenvalue weighted by molar-refractivity contribution is 7.07. The normalized spacial score (nSPS) is 12.5. The van der Waals surface area contributed by atoms with E-state index in [-0.39, 0.29) is 11.6 Å². The lowest BCUT2D eigenvalue weighted by Gasteiger charge is -2.23. The molecule has 0 aliphatic rings. The largest absolute Gasteiger partial charge is 0.422 e. The van der Waals surface area contributed by atoms with Crippen LogP contribution < -0.4 is 10.9 Å². The van der Waals surface area contributed by atoms with Crippen LogP contribution in [0.2, 0.25) is 0 Å². The molecule has 1 amide bonds. The van der Waals surface area contributed by atoms with Crippen molar-refractivity contribution in [2.24, 2.45) is 0 Å². The van der Waals surface area contributed by atoms with Crippen LogP contribution in [0.5, 0.6) is 0 Å². The van der Waals surface area contributed by atoms with Crippen molar-refractivity contribution in [1.29, 1.82) is 0 Å². The van der Waals surface area contributed by atoms with Crippen LogP contribution in [0.1, 0.15) is 22.0 Å². The maximum atomic E-state index is 12.4. The molecule has 1 aromatic carbocycles. The van der Waals surface area contributed by atoms with Gasteiger partial charge in [-0.05, 0) is 48.6 Å². The smallest absolute Gasteiger partial charge is 0.349 e. The molecule has 0 spiro atoms. The molecule has 0 radical (unpaired) electrons. The molecule has 24 heavy (non-hydrogen) atoms. The monoisotopic (exact) mass is 342 g/mol.